The minimum Gasteiger partial charge on any atom is -0.481 e. The van der Waals surface area contributed by atoms with Crippen molar-refractivity contribution < 1.29 is 14.7 Å². The number of carboxylic acids is 1. The van der Waals surface area contributed by atoms with Gasteiger partial charge in [0, 0.05) is 12.2 Å². The van der Waals surface area contributed by atoms with Gasteiger partial charge in [0.2, 0.25) is 0 Å². The quantitative estimate of drug-likeness (QED) is 0.748. The number of benzene rings is 1. The Morgan fingerprint density at radius 2 is 2.00 bits per heavy atom. The van der Waals surface area contributed by atoms with E-state index in [9.17, 15) is 9.59 Å². The fourth-order valence-corrected chi connectivity index (χ4v) is 1.55. The highest BCUT2D eigenvalue weighted by atomic mass is 16.4. The molecule has 0 aliphatic heterocycles. The third kappa shape index (κ3) is 5.73. The van der Waals surface area contributed by atoms with Crippen LogP contribution in [0.1, 0.15) is 32.8 Å². The summed E-state index contributed by atoms with van der Waals surface area (Å²) in [5.41, 5.74) is 1.31. The number of urea groups is 1. The van der Waals surface area contributed by atoms with Gasteiger partial charge >= 0.3 is 12.0 Å². The second-order valence-electron chi connectivity index (χ2n) is 5.60. The molecular formula is C15H22N2O3. The van der Waals surface area contributed by atoms with Crippen molar-refractivity contribution in [3.8, 4) is 0 Å². The van der Waals surface area contributed by atoms with Gasteiger partial charge in [-0.2, -0.15) is 0 Å². The van der Waals surface area contributed by atoms with Crippen LogP contribution in [0.4, 0.5) is 10.5 Å². The summed E-state index contributed by atoms with van der Waals surface area (Å²) in [7, 11) is 0. The molecule has 3 N–H and O–H groups in total. The maximum atomic E-state index is 11.8. The van der Waals surface area contributed by atoms with Crippen molar-refractivity contribution in [2.75, 3.05) is 11.9 Å². The molecule has 0 atom stereocenters. The average molecular weight is 278 g/mol. The molecule has 0 aromatic heterocycles. The molecule has 2 amide bonds. The molecule has 0 bridgehead atoms. The van der Waals surface area contributed by atoms with E-state index < -0.39 is 5.97 Å². The summed E-state index contributed by atoms with van der Waals surface area (Å²) >= 11 is 0. The number of carboxylic acid groups (broad SMARTS) is 1. The number of aliphatic carboxylic acids is 1. The average Bonchev–Trinajstić information content (AvgIpc) is 2.36. The molecule has 0 aliphatic rings. The van der Waals surface area contributed by atoms with E-state index in [1.54, 1.807) is 24.3 Å². The minimum absolute atomic E-state index is 0.0556. The van der Waals surface area contributed by atoms with Gasteiger partial charge in [0.25, 0.3) is 0 Å². The molecule has 0 saturated heterocycles. The van der Waals surface area contributed by atoms with E-state index in [1.807, 2.05) is 0 Å². The fourth-order valence-electron chi connectivity index (χ4n) is 1.55. The Balaban J connectivity index is 2.55. The Morgan fingerprint density at radius 3 is 2.60 bits per heavy atom. The number of amides is 2. The molecule has 1 rings (SSSR count). The fraction of sp³-hybridized carbons (Fsp3) is 0.467. The van der Waals surface area contributed by atoms with Crippen molar-refractivity contribution in [3.63, 3.8) is 0 Å². The van der Waals surface area contributed by atoms with Crippen molar-refractivity contribution in [2.45, 2.75) is 33.6 Å². The summed E-state index contributed by atoms with van der Waals surface area (Å²) in [4.78, 5) is 22.4. The van der Waals surface area contributed by atoms with E-state index in [0.717, 1.165) is 6.42 Å². The molecule has 1 aromatic rings. The zero-order chi connectivity index (χ0) is 15.2. The van der Waals surface area contributed by atoms with Crippen LogP contribution in [0.2, 0.25) is 0 Å². The van der Waals surface area contributed by atoms with Crippen LogP contribution in [0.15, 0.2) is 24.3 Å². The summed E-state index contributed by atoms with van der Waals surface area (Å²) in [6, 6.07) is 6.56. The SMILES string of the molecule is CCC(C)(C)CNC(=O)Nc1cccc(CC(=O)O)c1. The maximum Gasteiger partial charge on any atom is 0.319 e. The van der Waals surface area contributed by atoms with E-state index >= 15 is 0 Å². The van der Waals surface area contributed by atoms with E-state index in [2.05, 4.69) is 31.4 Å². The Bertz CT molecular complexity index is 484. The summed E-state index contributed by atoms with van der Waals surface area (Å²) in [5, 5.41) is 14.3. The lowest BCUT2D eigenvalue weighted by molar-refractivity contribution is -0.136. The van der Waals surface area contributed by atoms with Crippen LogP contribution in [0, 0.1) is 5.41 Å². The Labute approximate surface area is 119 Å². The van der Waals surface area contributed by atoms with Crippen molar-refractivity contribution in [1.29, 1.82) is 0 Å². The van der Waals surface area contributed by atoms with Gasteiger partial charge in [-0.25, -0.2) is 4.79 Å². The molecule has 0 saturated carbocycles. The van der Waals surface area contributed by atoms with Crippen molar-refractivity contribution in [3.05, 3.63) is 29.8 Å². The number of anilines is 1. The van der Waals surface area contributed by atoms with Crippen LogP contribution < -0.4 is 10.6 Å². The van der Waals surface area contributed by atoms with E-state index in [1.165, 1.54) is 0 Å². The molecule has 0 aliphatic carbocycles. The molecule has 0 unspecified atom stereocenters. The van der Waals surface area contributed by atoms with Gasteiger partial charge < -0.3 is 15.7 Å². The third-order valence-corrected chi connectivity index (χ3v) is 3.22. The topological polar surface area (TPSA) is 78.4 Å². The van der Waals surface area contributed by atoms with Crippen LogP contribution >= 0.6 is 0 Å². The molecule has 0 heterocycles. The van der Waals surface area contributed by atoms with Gasteiger partial charge in [0.15, 0.2) is 0 Å². The molecule has 0 spiro atoms. The molecule has 20 heavy (non-hydrogen) atoms. The van der Waals surface area contributed by atoms with Gasteiger partial charge in [-0.1, -0.05) is 32.9 Å². The van der Waals surface area contributed by atoms with Gasteiger partial charge in [0.05, 0.1) is 6.42 Å². The first-order valence-electron chi connectivity index (χ1n) is 6.68. The molecule has 5 heteroatoms. The first-order valence-corrected chi connectivity index (χ1v) is 6.68. The number of nitrogens with one attached hydrogen (secondary N) is 2. The predicted molar refractivity (Wildman–Crippen MR) is 78.9 cm³/mol. The van der Waals surface area contributed by atoms with Gasteiger partial charge in [0.1, 0.15) is 0 Å². The molecule has 110 valence electrons. The highest BCUT2D eigenvalue weighted by Gasteiger charge is 2.16. The number of carbonyl (C=O) groups excluding carboxylic acids is 1. The summed E-state index contributed by atoms with van der Waals surface area (Å²) in [6.45, 7) is 6.83. The van der Waals surface area contributed by atoms with Gasteiger partial charge in [-0.15, -0.1) is 0 Å². The van der Waals surface area contributed by atoms with Crippen molar-refractivity contribution in [2.24, 2.45) is 5.41 Å². The lowest BCUT2D eigenvalue weighted by Crippen LogP contribution is -2.36. The molecule has 1 aromatic carbocycles. The second kappa shape index (κ2) is 6.93. The van der Waals surface area contributed by atoms with Crippen LogP contribution in [0.5, 0.6) is 0 Å². The van der Waals surface area contributed by atoms with Crippen LogP contribution in [0.25, 0.3) is 0 Å². The number of hydrogen-bond acceptors (Lipinski definition) is 2. The number of hydrogen-bond donors (Lipinski definition) is 3. The van der Waals surface area contributed by atoms with Gasteiger partial charge in [-0.3, -0.25) is 4.79 Å². The summed E-state index contributed by atoms with van der Waals surface area (Å²) in [6.07, 6.45) is 0.918. The van der Waals surface area contributed by atoms with Crippen molar-refractivity contribution >= 4 is 17.7 Å². The van der Waals surface area contributed by atoms with E-state index in [4.69, 9.17) is 5.11 Å². The Morgan fingerprint density at radius 1 is 1.30 bits per heavy atom. The van der Waals surface area contributed by atoms with Gasteiger partial charge in [-0.05, 0) is 29.5 Å². The lowest BCUT2D eigenvalue weighted by atomic mass is 9.90. The predicted octanol–water partition coefficient (Wildman–Crippen LogP) is 2.87. The zero-order valence-corrected chi connectivity index (χ0v) is 12.2. The molecule has 0 fully saturated rings. The Kier molecular flexibility index (Phi) is 5.55. The first-order chi connectivity index (χ1) is 9.32. The number of carbonyl (C=O) groups is 2. The van der Waals surface area contributed by atoms with E-state index in [0.29, 0.717) is 17.8 Å². The molecule has 5 nitrogen and oxygen atoms in total. The standard InChI is InChI=1S/C15H22N2O3/c1-4-15(2,3)10-16-14(20)17-12-7-5-6-11(8-12)9-13(18)19/h5-8H,4,9-10H2,1-3H3,(H,18,19)(H2,16,17,20). The van der Waals surface area contributed by atoms with Crippen LogP contribution in [-0.4, -0.2) is 23.7 Å². The lowest BCUT2D eigenvalue weighted by Gasteiger charge is -2.22. The maximum absolute atomic E-state index is 11.8. The van der Waals surface area contributed by atoms with Crippen LogP contribution in [0.3, 0.4) is 0 Å². The largest absolute Gasteiger partial charge is 0.481 e. The Hall–Kier alpha value is -2.04. The summed E-state index contributed by atoms with van der Waals surface area (Å²) < 4.78 is 0. The third-order valence-electron chi connectivity index (χ3n) is 3.22. The second-order valence-corrected chi connectivity index (χ2v) is 5.60. The molecule has 0 radical (unpaired) electrons. The summed E-state index contributed by atoms with van der Waals surface area (Å²) in [5.74, 6) is -0.892. The molecular weight excluding hydrogens is 256 g/mol. The highest BCUT2D eigenvalue weighted by molar-refractivity contribution is 5.89. The van der Waals surface area contributed by atoms with Crippen LogP contribution in [-0.2, 0) is 11.2 Å². The highest BCUT2D eigenvalue weighted by Crippen LogP contribution is 2.17. The monoisotopic (exact) mass is 278 g/mol. The minimum atomic E-state index is -0.892. The van der Waals surface area contributed by atoms with E-state index in [-0.39, 0.29) is 17.9 Å². The first kappa shape index (κ1) is 16.0. The smallest absolute Gasteiger partial charge is 0.319 e. The normalized spacial score (nSPS) is 10.9. The number of rotatable bonds is 6. The zero-order valence-electron chi connectivity index (χ0n) is 12.2. The van der Waals surface area contributed by atoms with Crippen molar-refractivity contribution in [1.82, 2.24) is 5.32 Å².